The van der Waals surface area contributed by atoms with Gasteiger partial charge in [-0.2, -0.15) is 4.98 Å². The predicted octanol–water partition coefficient (Wildman–Crippen LogP) is 2.70. The van der Waals surface area contributed by atoms with Crippen LogP contribution in [0, 0.1) is 12.7 Å². The summed E-state index contributed by atoms with van der Waals surface area (Å²) in [5.74, 6) is 1.26. The van der Waals surface area contributed by atoms with Crippen LogP contribution < -0.4 is 15.0 Å². The zero-order valence-corrected chi connectivity index (χ0v) is 15.9. The molecule has 2 aromatic heterocycles. The van der Waals surface area contributed by atoms with Crippen LogP contribution in [0.5, 0.6) is 5.75 Å². The smallest absolute Gasteiger partial charge is 0.229 e. The number of likely N-dealkylation sites (N-methyl/N-ethyl adjacent to an activating group) is 1. The molecule has 146 valence electrons. The van der Waals surface area contributed by atoms with Gasteiger partial charge in [0.1, 0.15) is 12.4 Å². The van der Waals surface area contributed by atoms with Crippen molar-refractivity contribution < 1.29 is 13.9 Å². The molecule has 1 aliphatic rings. The maximum Gasteiger partial charge on any atom is 0.229 e. The second-order valence-electron chi connectivity index (χ2n) is 6.63. The zero-order chi connectivity index (χ0) is 19.7. The van der Waals surface area contributed by atoms with E-state index in [1.54, 1.807) is 42.5 Å². The van der Waals surface area contributed by atoms with Gasteiger partial charge in [-0.25, -0.2) is 14.4 Å². The average Bonchev–Trinajstić information content (AvgIpc) is 3.11. The highest BCUT2D eigenvalue weighted by atomic mass is 19.1. The molecule has 3 aromatic rings. The third kappa shape index (κ3) is 3.48. The lowest BCUT2D eigenvalue weighted by Gasteiger charge is -2.34. The van der Waals surface area contributed by atoms with Crippen LogP contribution in [-0.4, -0.2) is 52.9 Å². The van der Waals surface area contributed by atoms with Crippen LogP contribution >= 0.6 is 0 Å². The van der Waals surface area contributed by atoms with E-state index >= 15 is 0 Å². The first-order valence-corrected chi connectivity index (χ1v) is 8.84. The highest BCUT2D eigenvalue weighted by molar-refractivity contribution is 5.61. The van der Waals surface area contributed by atoms with Gasteiger partial charge in [0.15, 0.2) is 11.6 Å². The number of nitrogens with one attached hydrogen (secondary N) is 1. The zero-order valence-electron chi connectivity index (χ0n) is 15.9. The molecule has 1 aliphatic heterocycles. The van der Waals surface area contributed by atoms with E-state index in [2.05, 4.69) is 20.3 Å². The van der Waals surface area contributed by atoms with Crippen LogP contribution in [0.2, 0.25) is 0 Å². The fourth-order valence-corrected chi connectivity index (χ4v) is 3.08. The number of methoxy groups -OCH3 is 1. The van der Waals surface area contributed by atoms with E-state index in [0.717, 1.165) is 5.69 Å². The Morgan fingerprint density at radius 2 is 2.21 bits per heavy atom. The molecule has 9 heteroatoms. The Labute approximate surface area is 162 Å². The summed E-state index contributed by atoms with van der Waals surface area (Å²) in [5.41, 5.74) is 1.79. The summed E-state index contributed by atoms with van der Waals surface area (Å²) in [6.07, 6.45) is 4.97. The molecular formula is C19H21FN6O2. The lowest BCUT2D eigenvalue weighted by atomic mass is 10.2. The van der Waals surface area contributed by atoms with E-state index < -0.39 is 0 Å². The molecule has 8 nitrogen and oxygen atoms in total. The van der Waals surface area contributed by atoms with Crippen molar-refractivity contribution in [2.45, 2.75) is 13.0 Å². The summed E-state index contributed by atoms with van der Waals surface area (Å²) < 4.78 is 27.1. The Kier molecular flexibility index (Phi) is 4.82. The maximum atomic E-state index is 14.5. The number of aryl methyl sites for hydroxylation is 1. The Balaban J connectivity index is 1.56. The van der Waals surface area contributed by atoms with Crippen LogP contribution in [-0.2, 0) is 4.74 Å². The van der Waals surface area contributed by atoms with Gasteiger partial charge in [0, 0.05) is 26.0 Å². The summed E-state index contributed by atoms with van der Waals surface area (Å²) in [5, 5.41) is 3.05. The Bertz CT molecular complexity index is 992. The summed E-state index contributed by atoms with van der Waals surface area (Å²) in [6, 6.07) is 4.92. The minimum Gasteiger partial charge on any atom is -0.486 e. The van der Waals surface area contributed by atoms with Crippen LogP contribution in [0.25, 0.3) is 5.69 Å². The Morgan fingerprint density at radius 1 is 1.36 bits per heavy atom. The van der Waals surface area contributed by atoms with Gasteiger partial charge < -0.3 is 24.3 Å². The minimum absolute atomic E-state index is 0.0654. The number of hydrogen-bond acceptors (Lipinski definition) is 7. The second-order valence-corrected chi connectivity index (χ2v) is 6.63. The molecule has 1 N–H and O–H groups in total. The first-order chi connectivity index (χ1) is 13.5. The molecule has 28 heavy (non-hydrogen) atoms. The van der Waals surface area contributed by atoms with Gasteiger partial charge in [0.2, 0.25) is 5.95 Å². The van der Waals surface area contributed by atoms with E-state index in [-0.39, 0.29) is 11.9 Å². The average molecular weight is 384 g/mol. The largest absolute Gasteiger partial charge is 0.486 e. The van der Waals surface area contributed by atoms with Gasteiger partial charge in [0.25, 0.3) is 0 Å². The molecular weight excluding hydrogens is 363 g/mol. The van der Waals surface area contributed by atoms with Gasteiger partial charge >= 0.3 is 0 Å². The SMILES string of the molecule is COCC1COc2cnc(Nc3ccc(-n4cnc(C)c4)c(F)c3)nc2N1C. The number of halogens is 1. The van der Waals surface area contributed by atoms with Crippen molar-refractivity contribution in [1.29, 1.82) is 0 Å². The summed E-state index contributed by atoms with van der Waals surface area (Å²) in [4.78, 5) is 14.9. The molecule has 0 spiro atoms. The normalized spacial score (nSPS) is 15.9. The number of ether oxygens (including phenoxy) is 2. The number of benzene rings is 1. The molecule has 4 rings (SSSR count). The lowest BCUT2D eigenvalue weighted by Crippen LogP contribution is -2.44. The number of rotatable bonds is 5. The number of aromatic nitrogens is 4. The molecule has 0 amide bonds. The highest BCUT2D eigenvalue weighted by Gasteiger charge is 2.26. The van der Waals surface area contributed by atoms with E-state index in [1.807, 2.05) is 18.9 Å². The van der Waals surface area contributed by atoms with Crippen LogP contribution in [0.15, 0.2) is 36.9 Å². The predicted molar refractivity (Wildman–Crippen MR) is 103 cm³/mol. The number of nitrogens with zero attached hydrogens (tertiary/aromatic N) is 5. The van der Waals surface area contributed by atoms with Crippen molar-refractivity contribution in [3.8, 4) is 11.4 Å². The number of hydrogen-bond donors (Lipinski definition) is 1. The van der Waals surface area contributed by atoms with Crippen molar-refractivity contribution in [2.75, 3.05) is 37.6 Å². The molecule has 0 saturated heterocycles. The van der Waals surface area contributed by atoms with E-state index in [1.165, 1.54) is 6.07 Å². The monoisotopic (exact) mass is 384 g/mol. The molecule has 3 heterocycles. The number of imidazole rings is 1. The first kappa shape index (κ1) is 18.2. The van der Waals surface area contributed by atoms with Gasteiger partial charge in [-0.3, -0.25) is 0 Å². The third-order valence-corrected chi connectivity index (χ3v) is 4.60. The van der Waals surface area contributed by atoms with E-state index in [9.17, 15) is 4.39 Å². The standard InChI is InChI=1S/C19H21FN6O2/c1-12-8-26(11-22-12)16-5-4-13(6-15(16)20)23-19-21-7-17-18(24-19)25(2)14(9-27-3)10-28-17/h4-8,11,14H,9-10H2,1-3H3,(H,21,23,24). The molecule has 0 aliphatic carbocycles. The molecule has 0 fully saturated rings. The van der Waals surface area contributed by atoms with Crippen LogP contribution in [0.1, 0.15) is 5.69 Å². The Hall–Kier alpha value is -3.20. The van der Waals surface area contributed by atoms with Gasteiger partial charge in [-0.1, -0.05) is 0 Å². The molecule has 1 unspecified atom stereocenters. The minimum atomic E-state index is -0.374. The highest BCUT2D eigenvalue weighted by Crippen LogP contribution is 2.31. The lowest BCUT2D eigenvalue weighted by molar-refractivity contribution is 0.142. The number of anilines is 3. The Morgan fingerprint density at radius 3 is 2.93 bits per heavy atom. The molecule has 0 saturated carbocycles. The number of fused-ring (bicyclic) bond motifs is 1. The van der Waals surface area contributed by atoms with Crippen molar-refractivity contribution in [3.05, 3.63) is 48.4 Å². The molecule has 1 atom stereocenters. The van der Waals surface area contributed by atoms with E-state index in [4.69, 9.17) is 9.47 Å². The van der Waals surface area contributed by atoms with Gasteiger partial charge in [-0.15, -0.1) is 0 Å². The summed E-state index contributed by atoms with van der Waals surface area (Å²) in [7, 11) is 3.59. The van der Waals surface area contributed by atoms with Crippen LogP contribution in [0.4, 0.5) is 21.8 Å². The molecule has 0 bridgehead atoms. The van der Waals surface area contributed by atoms with Crippen molar-refractivity contribution >= 4 is 17.5 Å². The fraction of sp³-hybridized carbons (Fsp3) is 0.316. The van der Waals surface area contributed by atoms with Gasteiger partial charge in [-0.05, 0) is 25.1 Å². The second kappa shape index (κ2) is 7.43. The summed E-state index contributed by atoms with van der Waals surface area (Å²) in [6.45, 7) is 2.90. The molecule has 0 radical (unpaired) electrons. The fourth-order valence-electron chi connectivity index (χ4n) is 3.08. The quantitative estimate of drug-likeness (QED) is 0.725. The topological polar surface area (TPSA) is 77.3 Å². The van der Waals surface area contributed by atoms with E-state index in [0.29, 0.717) is 42.1 Å². The van der Waals surface area contributed by atoms with Crippen molar-refractivity contribution in [1.82, 2.24) is 19.5 Å². The van der Waals surface area contributed by atoms with Gasteiger partial charge in [0.05, 0.1) is 36.6 Å². The first-order valence-electron chi connectivity index (χ1n) is 8.84. The van der Waals surface area contributed by atoms with Crippen molar-refractivity contribution in [3.63, 3.8) is 0 Å². The third-order valence-electron chi connectivity index (χ3n) is 4.60. The molecule has 1 aromatic carbocycles. The maximum absolute atomic E-state index is 14.5. The van der Waals surface area contributed by atoms with Crippen molar-refractivity contribution in [2.24, 2.45) is 0 Å². The summed E-state index contributed by atoms with van der Waals surface area (Å²) >= 11 is 0. The van der Waals surface area contributed by atoms with Crippen LogP contribution in [0.3, 0.4) is 0 Å².